The zero-order valence-electron chi connectivity index (χ0n) is 13.0. The Morgan fingerprint density at radius 3 is 2.48 bits per heavy atom. The quantitative estimate of drug-likeness (QED) is 0.910. The predicted molar refractivity (Wildman–Crippen MR) is 86.7 cm³/mol. The van der Waals surface area contributed by atoms with E-state index in [1.54, 1.807) is 13.1 Å². The number of hydrogen-bond acceptors (Lipinski definition) is 3. The van der Waals surface area contributed by atoms with E-state index in [0.29, 0.717) is 16.9 Å². The molecule has 2 aromatic carbocycles. The molecule has 5 heteroatoms. The van der Waals surface area contributed by atoms with Gasteiger partial charge in [0.05, 0.1) is 5.56 Å². The molecule has 0 radical (unpaired) electrons. The van der Waals surface area contributed by atoms with Crippen LogP contribution in [-0.2, 0) is 0 Å². The molecule has 0 aromatic heterocycles. The molecule has 3 rings (SSSR count). The largest absolute Gasteiger partial charge is 0.489 e. The summed E-state index contributed by atoms with van der Waals surface area (Å²) >= 11 is 0. The molecule has 1 aliphatic heterocycles. The minimum Gasteiger partial charge on any atom is -0.489 e. The van der Waals surface area contributed by atoms with Gasteiger partial charge < -0.3 is 15.8 Å². The molecule has 23 heavy (non-hydrogen) atoms. The average molecular weight is 310 g/mol. The normalized spacial score (nSPS) is 18.9. The van der Waals surface area contributed by atoms with Crippen molar-refractivity contribution in [3.63, 3.8) is 0 Å². The van der Waals surface area contributed by atoms with Gasteiger partial charge in [-0.15, -0.1) is 0 Å². The van der Waals surface area contributed by atoms with Crippen LogP contribution in [-0.4, -0.2) is 25.0 Å². The van der Waals surface area contributed by atoms with Crippen LogP contribution in [0.5, 0.6) is 5.75 Å². The molecule has 2 amide bonds. The number of ether oxygens (including phenoxy) is 1. The summed E-state index contributed by atoms with van der Waals surface area (Å²) in [6, 6.07) is 13.1. The Morgan fingerprint density at radius 1 is 1.17 bits per heavy atom. The highest BCUT2D eigenvalue weighted by Gasteiger charge is 2.36. The van der Waals surface area contributed by atoms with E-state index in [0.717, 1.165) is 11.1 Å². The van der Waals surface area contributed by atoms with E-state index in [2.05, 4.69) is 5.32 Å². The van der Waals surface area contributed by atoms with Crippen molar-refractivity contribution in [2.24, 2.45) is 5.73 Å². The standard InChI is InChI=1S/C18H18N2O3/c1-10-15(11-6-4-3-5-7-11)13-8-12(17(19)21)9-14(16(13)23-10)18(22)20-2/h3-10,15H,1-2H3,(H2,19,21)(H,20,22)/t10-,15+/m1/s1. The van der Waals surface area contributed by atoms with Crippen molar-refractivity contribution in [1.82, 2.24) is 5.32 Å². The second-order valence-corrected chi connectivity index (χ2v) is 5.60. The molecule has 0 aliphatic carbocycles. The molecule has 1 aliphatic rings. The maximum atomic E-state index is 12.2. The van der Waals surface area contributed by atoms with Crippen molar-refractivity contribution in [1.29, 1.82) is 0 Å². The molecule has 5 nitrogen and oxygen atoms in total. The van der Waals surface area contributed by atoms with Crippen molar-refractivity contribution < 1.29 is 14.3 Å². The summed E-state index contributed by atoms with van der Waals surface area (Å²) in [7, 11) is 1.54. The summed E-state index contributed by atoms with van der Waals surface area (Å²) in [6.45, 7) is 1.95. The molecular weight excluding hydrogens is 292 g/mol. The molecule has 2 atom stereocenters. The zero-order chi connectivity index (χ0) is 16.6. The van der Waals surface area contributed by atoms with Gasteiger partial charge in [0, 0.05) is 24.1 Å². The molecule has 0 saturated heterocycles. The third kappa shape index (κ3) is 2.54. The molecule has 0 bridgehead atoms. The summed E-state index contributed by atoms with van der Waals surface area (Å²) in [6.07, 6.45) is -0.140. The minimum atomic E-state index is -0.565. The van der Waals surface area contributed by atoms with Gasteiger partial charge in [-0.2, -0.15) is 0 Å². The van der Waals surface area contributed by atoms with Gasteiger partial charge in [0.25, 0.3) is 5.91 Å². The highest BCUT2D eigenvalue weighted by atomic mass is 16.5. The Balaban J connectivity index is 2.21. The van der Waals surface area contributed by atoms with E-state index in [4.69, 9.17) is 10.5 Å². The highest BCUT2D eigenvalue weighted by molar-refractivity contribution is 6.02. The summed E-state index contributed by atoms with van der Waals surface area (Å²) < 4.78 is 5.95. The molecule has 1 heterocycles. The van der Waals surface area contributed by atoms with Gasteiger partial charge in [-0.05, 0) is 24.6 Å². The number of nitrogens with one attached hydrogen (secondary N) is 1. The van der Waals surface area contributed by atoms with E-state index >= 15 is 0 Å². The summed E-state index contributed by atoms with van der Waals surface area (Å²) in [5.41, 5.74) is 7.96. The summed E-state index contributed by atoms with van der Waals surface area (Å²) in [5.74, 6) is -0.390. The lowest BCUT2D eigenvalue weighted by molar-refractivity contribution is 0.0958. The van der Waals surface area contributed by atoms with Crippen LogP contribution < -0.4 is 15.8 Å². The van der Waals surface area contributed by atoms with Crippen molar-refractivity contribution in [3.8, 4) is 5.75 Å². The third-order valence-corrected chi connectivity index (χ3v) is 4.14. The number of primary amides is 1. The number of fused-ring (bicyclic) bond motifs is 1. The number of hydrogen-bond donors (Lipinski definition) is 2. The fourth-order valence-electron chi connectivity index (χ4n) is 3.08. The number of amides is 2. The fourth-order valence-corrected chi connectivity index (χ4v) is 3.08. The topological polar surface area (TPSA) is 81.4 Å². The van der Waals surface area contributed by atoms with E-state index in [1.807, 2.05) is 37.3 Å². The van der Waals surface area contributed by atoms with E-state index in [9.17, 15) is 9.59 Å². The van der Waals surface area contributed by atoms with E-state index in [1.165, 1.54) is 6.07 Å². The van der Waals surface area contributed by atoms with Gasteiger partial charge in [-0.3, -0.25) is 9.59 Å². The first kappa shape index (κ1) is 15.1. The van der Waals surface area contributed by atoms with Crippen molar-refractivity contribution >= 4 is 11.8 Å². The lowest BCUT2D eigenvalue weighted by atomic mass is 9.87. The van der Waals surface area contributed by atoms with Crippen molar-refractivity contribution in [3.05, 3.63) is 64.7 Å². The summed E-state index contributed by atoms with van der Waals surface area (Å²) in [4.78, 5) is 23.8. The number of carbonyl (C=O) groups excluding carboxylic acids is 2. The van der Waals surface area contributed by atoms with Crippen LogP contribution in [0, 0.1) is 0 Å². The Kier molecular flexibility index (Phi) is 3.78. The maximum absolute atomic E-state index is 12.2. The predicted octanol–water partition coefficient (Wildman–Crippen LogP) is 2.06. The second-order valence-electron chi connectivity index (χ2n) is 5.60. The van der Waals surface area contributed by atoms with Gasteiger partial charge in [0.1, 0.15) is 11.9 Å². The number of carbonyl (C=O) groups is 2. The van der Waals surface area contributed by atoms with Gasteiger partial charge >= 0.3 is 0 Å². The smallest absolute Gasteiger partial charge is 0.254 e. The molecule has 0 saturated carbocycles. The molecule has 2 aromatic rings. The Hall–Kier alpha value is -2.82. The zero-order valence-corrected chi connectivity index (χ0v) is 13.0. The van der Waals surface area contributed by atoms with Gasteiger partial charge in [-0.25, -0.2) is 0 Å². The lowest BCUT2D eigenvalue weighted by Gasteiger charge is -2.15. The van der Waals surface area contributed by atoms with Crippen molar-refractivity contribution in [2.45, 2.75) is 18.9 Å². The van der Waals surface area contributed by atoms with Crippen molar-refractivity contribution in [2.75, 3.05) is 7.05 Å². The molecular formula is C18H18N2O3. The SMILES string of the molecule is CNC(=O)c1cc(C(N)=O)cc2c1O[C@H](C)[C@H]2c1ccccc1. The minimum absolute atomic E-state index is 0.0473. The van der Waals surface area contributed by atoms with E-state index in [-0.39, 0.29) is 17.9 Å². The van der Waals surface area contributed by atoms with Crippen LogP contribution in [0.2, 0.25) is 0 Å². The maximum Gasteiger partial charge on any atom is 0.254 e. The first-order valence-corrected chi connectivity index (χ1v) is 7.44. The summed E-state index contributed by atoms with van der Waals surface area (Å²) in [5, 5.41) is 2.58. The fraction of sp³-hybridized carbons (Fsp3) is 0.222. The van der Waals surface area contributed by atoms with Crippen LogP contribution in [0.1, 0.15) is 44.7 Å². The number of benzene rings is 2. The number of rotatable bonds is 3. The molecule has 3 N–H and O–H groups in total. The van der Waals surface area contributed by atoms with Crippen LogP contribution in [0.3, 0.4) is 0 Å². The van der Waals surface area contributed by atoms with E-state index < -0.39 is 5.91 Å². The van der Waals surface area contributed by atoms with Crippen LogP contribution >= 0.6 is 0 Å². The Morgan fingerprint density at radius 2 is 1.87 bits per heavy atom. The van der Waals surface area contributed by atoms with Crippen LogP contribution in [0.25, 0.3) is 0 Å². The number of nitrogens with two attached hydrogens (primary N) is 1. The first-order valence-electron chi connectivity index (χ1n) is 7.44. The van der Waals surface area contributed by atoms with Crippen LogP contribution in [0.4, 0.5) is 0 Å². The highest BCUT2D eigenvalue weighted by Crippen LogP contribution is 2.44. The average Bonchev–Trinajstić information content (AvgIpc) is 2.89. The second kappa shape index (κ2) is 5.76. The van der Waals surface area contributed by atoms with Gasteiger partial charge in [-0.1, -0.05) is 30.3 Å². The first-order chi connectivity index (χ1) is 11.0. The van der Waals surface area contributed by atoms with Gasteiger partial charge in [0.2, 0.25) is 5.91 Å². The Labute approximate surface area is 134 Å². The third-order valence-electron chi connectivity index (χ3n) is 4.14. The van der Waals surface area contributed by atoms with Gasteiger partial charge in [0.15, 0.2) is 0 Å². The molecule has 118 valence electrons. The van der Waals surface area contributed by atoms with Crippen LogP contribution in [0.15, 0.2) is 42.5 Å². The molecule has 0 unspecified atom stereocenters. The lowest BCUT2D eigenvalue weighted by Crippen LogP contribution is -2.20. The Bertz CT molecular complexity index is 771. The molecule has 0 fully saturated rings. The monoisotopic (exact) mass is 310 g/mol. The molecule has 0 spiro atoms.